The van der Waals surface area contributed by atoms with Gasteiger partial charge in [-0.1, -0.05) is 30.3 Å². The first kappa shape index (κ1) is 18.0. The monoisotopic (exact) mass is 395 g/mol. The maximum atomic E-state index is 12.4. The van der Waals surface area contributed by atoms with Crippen molar-refractivity contribution in [2.75, 3.05) is 12.1 Å². The van der Waals surface area contributed by atoms with Crippen molar-refractivity contribution in [2.24, 2.45) is 0 Å². The molecule has 0 spiro atoms. The third-order valence-electron chi connectivity index (χ3n) is 4.24. The number of benzene rings is 2. The van der Waals surface area contributed by atoms with Crippen LogP contribution in [0.25, 0.3) is 0 Å². The van der Waals surface area contributed by atoms with Crippen LogP contribution in [0, 0.1) is 0 Å². The quantitative estimate of drug-likeness (QED) is 0.689. The van der Waals surface area contributed by atoms with Crippen molar-refractivity contribution < 1.29 is 19.1 Å². The van der Waals surface area contributed by atoms with Gasteiger partial charge in [0.15, 0.2) is 16.6 Å². The minimum absolute atomic E-state index is 0.146. The van der Waals surface area contributed by atoms with Crippen LogP contribution in [0.15, 0.2) is 53.9 Å². The number of nitrogens with one attached hydrogen (secondary N) is 2. The highest BCUT2D eigenvalue weighted by Crippen LogP contribution is 2.32. The van der Waals surface area contributed by atoms with E-state index in [1.54, 1.807) is 23.6 Å². The van der Waals surface area contributed by atoms with Gasteiger partial charge < -0.3 is 14.8 Å². The smallest absolute Gasteiger partial charge is 0.271 e. The Morgan fingerprint density at radius 1 is 1.07 bits per heavy atom. The zero-order valence-electron chi connectivity index (χ0n) is 15.0. The van der Waals surface area contributed by atoms with E-state index in [1.807, 2.05) is 37.3 Å². The van der Waals surface area contributed by atoms with Gasteiger partial charge in [-0.05, 0) is 30.7 Å². The molecule has 0 unspecified atom stereocenters. The molecule has 1 atom stereocenters. The maximum absolute atomic E-state index is 12.4. The fraction of sp³-hybridized carbons (Fsp3) is 0.150. The molecule has 2 amide bonds. The van der Waals surface area contributed by atoms with E-state index in [1.165, 1.54) is 11.3 Å². The number of thiazole rings is 1. The van der Waals surface area contributed by atoms with E-state index < -0.39 is 0 Å². The molecule has 0 saturated heterocycles. The molecule has 0 radical (unpaired) electrons. The normalized spacial score (nSPS) is 13.0. The summed E-state index contributed by atoms with van der Waals surface area (Å²) < 4.78 is 10.5. The standard InChI is InChI=1S/C20H17N3O4S/c1-12(13-5-3-2-4-6-13)21-19(25)15-10-28-20(22-15)23-18(24)14-7-8-16-17(9-14)27-11-26-16/h2-10,12H,11H2,1H3,(H,21,25)(H,22,23,24)/t12-/m1/s1. The first-order chi connectivity index (χ1) is 13.6. The van der Waals surface area contributed by atoms with Crippen LogP contribution >= 0.6 is 11.3 Å². The Morgan fingerprint density at radius 3 is 2.68 bits per heavy atom. The van der Waals surface area contributed by atoms with Crippen LogP contribution in [0.3, 0.4) is 0 Å². The van der Waals surface area contributed by atoms with E-state index in [0.29, 0.717) is 22.2 Å². The summed E-state index contributed by atoms with van der Waals surface area (Å²) in [6.07, 6.45) is 0. The second kappa shape index (κ2) is 7.69. The maximum Gasteiger partial charge on any atom is 0.271 e. The molecule has 2 aromatic carbocycles. The van der Waals surface area contributed by atoms with E-state index in [4.69, 9.17) is 9.47 Å². The van der Waals surface area contributed by atoms with Crippen LogP contribution in [0.2, 0.25) is 0 Å². The van der Waals surface area contributed by atoms with Crippen LogP contribution in [0.5, 0.6) is 11.5 Å². The van der Waals surface area contributed by atoms with Gasteiger partial charge in [-0.3, -0.25) is 14.9 Å². The van der Waals surface area contributed by atoms with Gasteiger partial charge in [0.2, 0.25) is 6.79 Å². The average Bonchev–Trinajstić information content (AvgIpc) is 3.37. The Hall–Kier alpha value is -3.39. The summed E-state index contributed by atoms with van der Waals surface area (Å²) in [7, 11) is 0. The molecule has 142 valence electrons. The lowest BCUT2D eigenvalue weighted by Gasteiger charge is -2.13. The highest BCUT2D eigenvalue weighted by atomic mass is 32.1. The molecule has 0 aliphatic carbocycles. The van der Waals surface area contributed by atoms with E-state index in [2.05, 4.69) is 15.6 Å². The predicted octanol–water partition coefficient (Wildman–Crippen LogP) is 3.62. The van der Waals surface area contributed by atoms with Gasteiger partial charge in [-0.15, -0.1) is 11.3 Å². The van der Waals surface area contributed by atoms with E-state index in [9.17, 15) is 9.59 Å². The van der Waals surface area contributed by atoms with Crippen LogP contribution < -0.4 is 20.1 Å². The van der Waals surface area contributed by atoms with Crippen molar-refractivity contribution >= 4 is 28.3 Å². The fourth-order valence-electron chi connectivity index (χ4n) is 2.74. The van der Waals surface area contributed by atoms with Crippen molar-refractivity contribution in [3.63, 3.8) is 0 Å². The molecule has 4 rings (SSSR count). The Morgan fingerprint density at radius 2 is 1.86 bits per heavy atom. The second-order valence-electron chi connectivity index (χ2n) is 6.17. The molecule has 1 aromatic heterocycles. The third kappa shape index (κ3) is 3.81. The number of fused-ring (bicyclic) bond motifs is 1. The van der Waals surface area contributed by atoms with Crippen molar-refractivity contribution in [2.45, 2.75) is 13.0 Å². The van der Waals surface area contributed by atoms with Gasteiger partial charge in [0, 0.05) is 10.9 Å². The number of nitrogens with zero attached hydrogens (tertiary/aromatic N) is 1. The molecular formula is C20H17N3O4S. The summed E-state index contributed by atoms with van der Waals surface area (Å²) in [5.74, 6) is 0.507. The molecule has 0 fully saturated rings. The minimum atomic E-state index is -0.336. The first-order valence-corrected chi connectivity index (χ1v) is 9.50. The summed E-state index contributed by atoms with van der Waals surface area (Å²) in [6.45, 7) is 2.05. The van der Waals surface area contributed by atoms with Gasteiger partial charge in [0.05, 0.1) is 6.04 Å². The molecule has 2 heterocycles. The molecule has 28 heavy (non-hydrogen) atoms. The molecule has 2 N–H and O–H groups in total. The van der Waals surface area contributed by atoms with Crippen LogP contribution in [-0.2, 0) is 0 Å². The van der Waals surface area contributed by atoms with Crippen LogP contribution in [0.4, 0.5) is 5.13 Å². The summed E-state index contributed by atoms with van der Waals surface area (Å²) in [4.78, 5) is 29.0. The highest BCUT2D eigenvalue weighted by Gasteiger charge is 2.18. The van der Waals surface area contributed by atoms with Crippen molar-refractivity contribution in [3.8, 4) is 11.5 Å². The topological polar surface area (TPSA) is 89.6 Å². The summed E-state index contributed by atoms with van der Waals surface area (Å²) in [6, 6.07) is 14.5. The average molecular weight is 395 g/mol. The van der Waals surface area contributed by atoms with E-state index >= 15 is 0 Å². The molecule has 1 aliphatic rings. The largest absolute Gasteiger partial charge is 0.454 e. The molecule has 8 heteroatoms. The zero-order chi connectivity index (χ0) is 19.5. The molecule has 0 saturated carbocycles. The van der Waals surface area contributed by atoms with Crippen LogP contribution in [-0.4, -0.2) is 23.6 Å². The summed E-state index contributed by atoms with van der Waals surface area (Å²) >= 11 is 1.19. The lowest BCUT2D eigenvalue weighted by Crippen LogP contribution is -2.26. The van der Waals surface area contributed by atoms with Gasteiger partial charge >= 0.3 is 0 Å². The second-order valence-corrected chi connectivity index (χ2v) is 7.02. The van der Waals surface area contributed by atoms with Gasteiger partial charge in [-0.2, -0.15) is 0 Å². The molecule has 3 aromatic rings. The van der Waals surface area contributed by atoms with Crippen molar-refractivity contribution in [1.82, 2.24) is 10.3 Å². The number of ether oxygens (including phenoxy) is 2. The zero-order valence-corrected chi connectivity index (χ0v) is 15.8. The van der Waals surface area contributed by atoms with Crippen LogP contribution in [0.1, 0.15) is 39.4 Å². The van der Waals surface area contributed by atoms with Crippen molar-refractivity contribution in [1.29, 1.82) is 0 Å². The van der Waals surface area contributed by atoms with Gasteiger partial charge in [0.25, 0.3) is 11.8 Å². The van der Waals surface area contributed by atoms with Gasteiger partial charge in [0.1, 0.15) is 5.69 Å². The number of rotatable bonds is 5. The van der Waals surface area contributed by atoms with Crippen molar-refractivity contribution in [3.05, 3.63) is 70.7 Å². The molecule has 0 bridgehead atoms. The molecular weight excluding hydrogens is 378 g/mol. The predicted molar refractivity (Wildman–Crippen MR) is 105 cm³/mol. The summed E-state index contributed by atoms with van der Waals surface area (Å²) in [5, 5.41) is 7.56. The number of anilines is 1. The molecule has 7 nitrogen and oxygen atoms in total. The minimum Gasteiger partial charge on any atom is -0.454 e. The molecule has 1 aliphatic heterocycles. The number of aromatic nitrogens is 1. The number of hydrogen-bond acceptors (Lipinski definition) is 6. The first-order valence-electron chi connectivity index (χ1n) is 8.62. The van der Waals surface area contributed by atoms with Gasteiger partial charge in [-0.25, -0.2) is 4.98 Å². The van der Waals surface area contributed by atoms with E-state index in [0.717, 1.165) is 5.56 Å². The Labute approximate surface area is 165 Å². The highest BCUT2D eigenvalue weighted by molar-refractivity contribution is 7.14. The lowest BCUT2D eigenvalue weighted by molar-refractivity contribution is 0.0934. The number of hydrogen-bond donors (Lipinski definition) is 2. The SMILES string of the molecule is C[C@@H](NC(=O)c1csc(NC(=O)c2ccc3c(c2)OCO3)n1)c1ccccc1. The number of amides is 2. The fourth-order valence-corrected chi connectivity index (χ4v) is 3.42. The lowest BCUT2D eigenvalue weighted by atomic mass is 10.1. The summed E-state index contributed by atoms with van der Waals surface area (Å²) in [5.41, 5.74) is 1.68. The van der Waals surface area contributed by atoms with E-state index in [-0.39, 0.29) is 30.3 Å². The number of carbonyl (C=O) groups excluding carboxylic acids is 2. The Balaban J connectivity index is 1.40. The Kier molecular flexibility index (Phi) is 4.94. The number of carbonyl (C=O) groups is 2. The third-order valence-corrected chi connectivity index (χ3v) is 5.00. The Bertz CT molecular complexity index is 1020.